The lowest BCUT2D eigenvalue weighted by molar-refractivity contribution is -0.127. The number of nitrogens with one attached hydrogen (secondary N) is 1. The van der Waals surface area contributed by atoms with Gasteiger partial charge in [0, 0.05) is 30.6 Å². The number of piperazine rings is 1. The Bertz CT molecular complexity index is 601. The standard InChI is InChI=1S/C16H18N2O3/c1-12-15(20)17-8-9-18(12)16(21)14-7-4-6-13(11-14)5-2-3-10-19/h4,6-7,11-12,19H,3,8-10H2,1H3,(H,17,20). The first-order chi connectivity index (χ1) is 10.1. The van der Waals surface area contributed by atoms with Gasteiger partial charge >= 0.3 is 0 Å². The summed E-state index contributed by atoms with van der Waals surface area (Å²) in [5.41, 5.74) is 1.25. The molecular weight excluding hydrogens is 268 g/mol. The zero-order valence-corrected chi connectivity index (χ0v) is 11.9. The second-order valence-electron chi connectivity index (χ2n) is 4.82. The summed E-state index contributed by atoms with van der Waals surface area (Å²) in [5, 5.41) is 11.4. The Kier molecular flexibility index (Phi) is 4.96. The van der Waals surface area contributed by atoms with Gasteiger partial charge in [0.15, 0.2) is 0 Å². The number of carbonyl (C=O) groups excluding carboxylic acids is 2. The topological polar surface area (TPSA) is 69.6 Å². The smallest absolute Gasteiger partial charge is 0.254 e. The molecule has 0 bridgehead atoms. The molecule has 0 radical (unpaired) electrons. The Labute approximate surface area is 124 Å². The molecule has 2 amide bonds. The van der Waals surface area contributed by atoms with Crippen LogP contribution in [0.15, 0.2) is 24.3 Å². The van der Waals surface area contributed by atoms with E-state index in [4.69, 9.17) is 5.11 Å². The Hall–Kier alpha value is -2.32. The SMILES string of the molecule is CC1C(=O)NCCN1C(=O)c1cccc(C#CCCO)c1. The van der Waals surface area contributed by atoms with Gasteiger partial charge in [0.2, 0.25) is 5.91 Å². The summed E-state index contributed by atoms with van der Waals surface area (Å²) in [4.78, 5) is 25.7. The lowest BCUT2D eigenvalue weighted by Gasteiger charge is -2.32. The Balaban J connectivity index is 2.18. The minimum absolute atomic E-state index is 0.0199. The van der Waals surface area contributed by atoms with Crippen molar-refractivity contribution < 1.29 is 14.7 Å². The molecule has 1 atom stereocenters. The average molecular weight is 286 g/mol. The fourth-order valence-electron chi connectivity index (χ4n) is 2.18. The van der Waals surface area contributed by atoms with Gasteiger partial charge in [-0.2, -0.15) is 0 Å². The molecule has 0 aromatic heterocycles. The van der Waals surface area contributed by atoms with Crippen molar-refractivity contribution in [3.8, 4) is 11.8 Å². The first-order valence-corrected chi connectivity index (χ1v) is 6.92. The predicted octanol–water partition coefficient (Wildman–Crippen LogP) is 0.381. The number of hydrogen-bond acceptors (Lipinski definition) is 3. The maximum Gasteiger partial charge on any atom is 0.254 e. The van der Waals surface area contributed by atoms with Crippen LogP contribution in [0.5, 0.6) is 0 Å². The number of aliphatic hydroxyl groups is 1. The normalized spacial score (nSPS) is 17.7. The van der Waals surface area contributed by atoms with E-state index >= 15 is 0 Å². The number of carbonyl (C=O) groups is 2. The molecule has 2 N–H and O–H groups in total. The molecule has 110 valence electrons. The Morgan fingerprint density at radius 3 is 3.10 bits per heavy atom. The third-order valence-electron chi connectivity index (χ3n) is 3.34. The van der Waals surface area contributed by atoms with Crippen molar-refractivity contribution >= 4 is 11.8 Å². The summed E-state index contributed by atoms with van der Waals surface area (Å²) in [5.74, 6) is 5.43. The van der Waals surface area contributed by atoms with E-state index in [1.165, 1.54) is 0 Å². The molecule has 21 heavy (non-hydrogen) atoms. The zero-order valence-electron chi connectivity index (χ0n) is 11.9. The number of rotatable bonds is 2. The monoisotopic (exact) mass is 286 g/mol. The molecule has 0 saturated carbocycles. The molecule has 2 rings (SSSR count). The summed E-state index contributed by atoms with van der Waals surface area (Å²) in [6, 6.07) is 6.55. The number of hydrogen-bond donors (Lipinski definition) is 2. The van der Waals surface area contributed by atoms with Gasteiger partial charge in [-0.25, -0.2) is 0 Å². The van der Waals surface area contributed by atoms with E-state index in [-0.39, 0.29) is 18.4 Å². The Morgan fingerprint density at radius 2 is 2.33 bits per heavy atom. The van der Waals surface area contributed by atoms with E-state index in [0.29, 0.717) is 25.1 Å². The third kappa shape index (κ3) is 3.61. The average Bonchev–Trinajstić information content (AvgIpc) is 2.50. The van der Waals surface area contributed by atoms with E-state index < -0.39 is 6.04 Å². The van der Waals surface area contributed by atoms with Crippen LogP contribution in [0.25, 0.3) is 0 Å². The van der Waals surface area contributed by atoms with Gasteiger partial charge in [-0.15, -0.1) is 0 Å². The first-order valence-electron chi connectivity index (χ1n) is 6.92. The van der Waals surface area contributed by atoms with Crippen LogP contribution < -0.4 is 5.32 Å². The largest absolute Gasteiger partial charge is 0.395 e. The minimum atomic E-state index is -0.463. The maximum atomic E-state index is 12.5. The van der Waals surface area contributed by atoms with Gasteiger partial charge in [-0.05, 0) is 25.1 Å². The van der Waals surface area contributed by atoms with Gasteiger partial charge in [-0.1, -0.05) is 17.9 Å². The highest BCUT2D eigenvalue weighted by Crippen LogP contribution is 2.12. The van der Waals surface area contributed by atoms with Gasteiger partial charge in [0.1, 0.15) is 6.04 Å². The summed E-state index contributed by atoms with van der Waals surface area (Å²) in [7, 11) is 0. The highest BCUT2D eigenvalue weighted by atomic mass is 16.2. The third-order valence-corrected chi connectivity index (χ3v) is 3.34. The van der Waals surface area contributed by atoms with Crippen molar-refractivity contribution in [1.82, 2.24) is 10.2 Å². The lowest BCUT2D eigenvalue weighted by Crippen LogP contribution is -2.55. The van der Waals surface area contributed by atoms with Gasteiger partial charge in [0.05, 0.1) is 6.61 Å². The lowest BCUT2D eigenvalue weighted by atomic mass is 10.1. The molecule has 1 heterocycles. The van der Waals surface area contributed by atoms with Gasteiger partial charge in [0.25, 0.3) is 5.91 Å². The van der Waals surface area contributed by atoms with Crippen LogP contribution in [0.4, 0.5) is 0 Å². The zero-order chi connectivity index (χ0) is 15.2. The van der Waals surface area contributed by atoms with Gasteiger partial charge in [-0.3, -0.25) is 9.59 Å². The fraction of sp³-hybridized carbons (Fsp3) is 0.375. The molecule has 0 aliphatic carbocycles. The van der Waals surface area contributed by atoms with E-state index in [9.17, 15) is 9.59 Å². The van der Waals surface area contributed by atoms with E-state index in [1.807, 2.05) is 6.07 Å². The van der Waals surface area contributed by atoms with Crippen molar-refractivity contribution in [1.29, 1.82) is 0 Å². The molecule has 5 nitrogen and oxygen atoms in total. The second kappa shape index (κ2) is 6.91. The molecule has 1 unspecified atom stereocenters. The fourth-order valence-corrected chi connectivity index (χ4v) is 2.18. The summed E-state index contributed by atoms with van der Waals surface area (Å²) in [6.07, 6.45) is 0.404. The van der Waals surface area contributed by atoms with Crippen molar-refractivity contribution in [2.45, 2.75) is 19.4 Å². The highest BCUT2D eigenvalue weighted by Gasteiger charge is 2.29. The van der Waals surface area contributed by atoms with Crippen LogP contribution >= 0.6 is 0 Å². The van der Waals surface area contributed by atoms with Crippen molar-refractivity contribution in [3.63, 3.8) is 0 Å². The molecule has 1 aliphatic heterocycles. The van der Waals surface area contributed by atoms with Crippen LogP contribution in [-0.4, -0.2) is 47.6 Å². The quantitative estimate of drug-likeness (QED) is 0.772. The van der Waals surface area contributed by atoms with Gasteiger partial charge < -0.3 is 15.3 Å². The van der Waals surface area contributed by atoms with E-state index in [0.717, 1.165) is 5.56 Å². The number of amides is 2. The molecule has 1 aliphatic rings. The van der Waals surface area contributed by atoms with E-state index in [1.54, 1.807) is 30.0 Å². The molecule has 1 aromatic carbocycles. The van der Waals surface area contributed by atoms with Crippen LogP contribution in [0, 0.1) is 11.8 Å². The summed E-state index contributed by atoms with van der Waals surface area (Å²) < 4.78 is 0. The molecule has 1 aromatic rings. The number of benzene rings is 1. The molecule has 0 spiro atoms. The highest BCUT2D eigenvalue weighted by molar-refractivity contribution is 5.98. The Morgan fingerprint density at radius 1 is 1.52 bits per heavy atom. The van der Waals surface area contributed by atoms with Crippen molar-refractivity contribution in [3.05, 3.63) is 35.4 Å². The van der Waals surface area contributed by atoms with Crippen molar-refractivity contribution in [2.75, 3.05) is 19.7 Å². The van der Waals surface area contributed by atoms with Crippen LogP contribution in [0.1, 0.15) is 29.3 Å². The summed E-state index contributed by atoms with van der Waals surface area (Å²) >= 11 is 0. The minimum Gasteiger partial charge on any atom is -0.395 e. The molecule has 1 saturated heterocycles. The molecule has 1 fully saturated rings. The van der Waals surface area contributed by atoms with Crippen LogP contribution in [0.2, 0.25) is 0 Å². The first kappa shape index (κ1) is 15.1. The molecule has 5 heteroatoms. The second-order valence-corrected chi connectivity index (χ2v) is 4.82. The predicted molar refractivity (Wildman–Crippen MR) is 78.5 cm³/mol. The van der Waals surface area contributed by atoms with Crippen LogP contribution in [-0.2, 0) is 4.79 Å². The molecular formula is C16H18N2O3. The number of nitrogens with zero attached hydrogens (tertiary/aromatic N) is 1. The number of aliphatic hydroxyl groups excluding tert-OH is 1. The van der Waals surface area contributed by atoms with Crippen LogP contribution in [0.3, 0.4) is 0 Å². The van der Waals surface area contributed by atoms with E-state index in [2.05, 4.69) is 17.2 Å². The summed E-state index contributed by atoms with van der Waals surface area (Å²) in [6.45, 7) is 2.72. The maximum absolute atomic E-state index is 12.5. The van der Waals surface area contributed by atoms with Crippen molar-refractivity contribution in [2.24, 2.45) is 0 Å².